The van der Waals surface area contributed by atoms with Gasteiger partial charge in [-0.25, -0.2) is 4.39 Å². The van der Waals surface area contributed by atoms with Gasteiger partial charge in [0, 0.05) is 43.6 Å². The molecule has 0 aromatic heterocycles. The van der Waals surface area contributed by atoms with Gasteiger partial charge in [-0.2, -0.15) is 0 Å². The molecule has 1 N–H and O–H groups in total. The van der Waals surface area contributed by atoms with Gasteiger partial charge in [0.05, 0.1) is 6.61 Å². The van der Waals surface area contributed by atoms with Crippen LogP contribution in [0.1, 0.15) is 53.0 Å². The second-order valence-electron chi connectivity index (χ2n) is 9.75. The van der Waals surface area contributed by atoms with Crippen LogP contribution in [-0.2, 0) is 9.53 Å². The minimum absolute atomic E-state index is 0.105. The molecule has 2 aromatic rings. The smallest absolute Gasteiger partial charge is 0.256 e. The van der Waals surface area contributed by atoms with Crippen LogP contribution in [0.3, 0.4) is 0 Å². The fourth-order valence-electron chi connectivity index (χ4n) is 4.66. The molecule has 0 aliphatic carbocycles. The number of likely N-dealkylation sites (tertiary alicyclic amines) is 1. The normalized spacial score (nSPS) is 19.3. The van der Waals surface area contributed by atoms with Crippen molar-refractivity contribution in [2.45, 2.75) is 45.4 Å². The number of benzene rings is 2. The first kappa shape index (κ1) is 24.9. The molecule has 0 bridgehead atoms. The number of rotatable bonds is 5. The average Bonchev–Trinajstić information content (AvgIpc) is 3.21. The molecule has 2 aromatic carbocycles. The van der Waals surface area contributed by atoms with Gasteiger partial charge in [-0.15, -0.1) is 0 Å². The Morgan fingerprint density at radius 3 is 2.17 bits per heavy atom. The number of carbonyl (C=O) groups excluding carboxylic acids is 3. The van der Waals surface area contributed by atoms with Gasteiger partial charge in [0.15, 0.2) is 0 Å². The molecule has 186 valence electrons. The third-order valence-corrected chi connectivity index (χ3v) is 6.69. The number of amides is 3. The van der Waals surface area contributed by atoms with Gasteiger partial charge in [-0.1, -0.05) is 31.5 Å². The summed E-state index contributed by atoms with van der Waals surface area (Å²) in [4.78, 5) is 43.0. The van der Waals surface area contributed by atoms with E-state index in [4.69, 9.17) is 4.74 Å². The van der Waals surface area contributed by atoms with E-state index in [1.165, 1.54) is 24.3 Å². The SMILES string of the molecule is Cc1ccc(C(=O)N2C(C(=O)NCC(C)C)COC23CCN(C(=O)c2ccc(F)cc2)CC3)cc1. The van der Waals surface area contributed by atoms with E-state index >= 15 is 0 Å². The van der Waals surface area contributed by atoms with E-state index in [1.54, 1.807) is 21.9 Å². The largest absolute Gasteiger partial charge is 0.354 e. The number of piperidine rings is 1. The number of halogens is 1. The first-order valence-electron chi connectivity index (χ1n) is 12.1. The second-order valence-corrected chi connectivity index (χ2v) is 9.75. The maximum atomic E-state index is 13.7. The Morgan fingerprint density at radius 2 is 1.57 bits per heavy atom. The topological polar surface area (TPSA) is 79.0 Å². The second kappa shape index (κ2) is 10.2. The van der Waals surface area contributed by atoms with Crippen molar-refractivity contribution in [1.29, 1.82) is 0 Å². The highest BCUT2D eigenvalue weighted by atomic mass is 19.1. The van der Waals surface area contributed by atoms with Crippen molar-refractivity contribution >= 4 is 17.7 Å². The van der Waals surface area contributed by atoms with Crippen LogP contribution in [0, 0.1) is 18.7 Å². The molecule has 3 amide bonds. The predicted molar refractivity (Wildman–Crippen MR) is 129 cm³/mol. The summed E-state index contributed by atoms with van der Waals surface area (Å²) >= 11 is 0. The highest BCUT2D eigenvalue weighted by molar-refractivity contribution is 5.98. The summed E-state index contributed by atoms with van der Waals surface area (Å²) in [7, 11) is 0. The molecule has 4 rings (SSSR count). The van der Waals surface area contributed by atoms with E-state index in [9.17, 15) is 18.8 Å². The zero-order chi connectivity index (χ0) is 25.2. The highest BCUT2D eigenvalue weighted by Gasteiger charge is 2.54. The number of hydrogen-bond acceptors (Lipinski definition) is 4. The molecule has 1 unspecified atom stereocenters. The minimum atomic E-state index is -0.971. The lowest BCUT2D eigenvalue weighted by molar-refractivity contribution is -0.128. The fraction of sp³-hybridized carbons (Fsp3) is 0.444. The molecule has 35 heavy (non-hydrogen) atoms. The zero-order valence-corrected chi connectivity index (χ0v) is 20.4. The van der Waals surface area contributed by atoms with Crippen LogP contribution in [0.5, 0.6) is 0 Å². The number of aryl methyl sites for hydroxylation is 1. The van der Waals surface area contributed by atoms with Gasteiger partial charge in [-0.3, -0.25) is 19.3 Å². The molecule has 1 spiro atoms. The summed E-state index contributed by atoms with van der Waals surface area (Å²) in [5, 5.41) is 2.94. The molecule has 1 atom stereocenters. The molecule has 2 saturated heterocycles. The number of nitrogens with zero attached hydrogens (tertiary/aromatic N) is 2. The molecule has 0 saturated carbocycles. The molecule has 2 aliphatic heterocycles. The molecular formula is C27H32FN3O4. The fourth-order valence-corrected chi connectivity index (χ4v) is 4.66. The van der Waals surface area contributed by atoms with Crippen molar-refractivity contribution in [3.05, 3.63) is 71.0 Å². The van der Waals surface area contributed by atoms with Crippen LogP contribution < -0.4 is 5.32 Å². The molecule has 7 nitrogen and oxygen atoms in total. The van der Waals surface area contributed by atoms with E-state index < -0.39 is 17.6 Å². The van der Waals surface area contributed by atoms with Crippen LogP contribution >= 0.6 is 0 Å². The quantitative estimate of drug-likeness (QED) is 0.710. The third kappa shape index (κ3) is 5.22. The highest BCUT2D eigenvalue weighted by Crippen LogP contribution is 2.39. The van der Waals surface area contributed by atoms with Crippen LogP contribution in [0.15, 0.2) is 48.5 Å². The van der Waals surface area contributed by atoms with Crippen LogP contribution in [0.4, 0.5) is 4.39 Å². The summed E-state index contributed by atoms with van der Waals surface area (Å²) in [5.41, 5.74) is 0.967. The molecule has 2 fully saturated rings. The Balaban J connectivity index is 1.55. The monoisotopic (exact) mass is 481 g/mol. The van der Waals surface area contributed by atoms with E-state index in [0.717, 1.165) is 5.56 Å². The zero-order valence-electron chi connectivity index (χ0n) is 20.4. The van der Waals surface area contributed by atoms with Gasteiger partial charge >= 0.3 is 0 Å². The maximum absolute atomic E-state index is 13.7. The van der Waals surface area contributed by atoms with Gasteiger partial charge in [-0.05, 0) is 49.2 Å². The lowest BCUT2D eigenvalue weighted by atomic mass is 9.96. The van der Waals surface area contributed by atoms with Crippen LogP contribution in [0.2, 0.25) is 0 Å². The van der Waals surface area contributed by atoms with Crippen molar-refractivity contribution in [3.8, 4) is 0 Å². The molecule has 2 aliphatic rings. The van der Waals surface area contributed by atoms with Crippen LogP contribution in [-0.4, -0.2) is 65.5 Å². The van der Waals surface area contributed by atoms with E-state index in [2.05, 4.69) is 5.32 Å². The van der Waals surface area contributed by atoms with Crippen molar-refractivity contribution in [3.63, 3.8) is 0 Å². The van der Waals surface area contributed by atoms with E-state index in [1.807, 2.05) is 32.9 Å². The Labute approximate surface area is 205 Å². The lowest BCUT2D eigenvalue weighted by Crippen LogP contribution is -2.60. The van der Waals surface area contributed by atoms with E-state index in [-0.39, 0.29) is 30.2 Å². The standard InChI is InChI=1S/C27H32FN3O4/c1-18(2)16-29-24(32)23-17-35-27(31(23)26(34)21-6-4-19(3)5-7-21)12-14-30(15-13-27)25(33)20-8-10-22(28)11-9-20/h4-11,18,23H,12-17H2,1-3H3,(H,29,32). The summed E-state index contributed by atoms with van der Waals surface area (Å²) < 4.78 is 19.5. The predicted octanol–water partition coefficient (Wildman–Crippen LogP) is 3.38. The number of hydrogen-bond donors (Lipinski definition) is 1. The van der Waals surface area contributed by atoms with Crippen molar-refractivity contribution < 1.29 is 23.5 Å². The number of carbonyl (C=O) groups is 3. The molecule has 0 radical (unpaired) electrons. The third-order valence-electron chi connectivity index (χ3n) is 6.69. The van der Waals surface area contributed by atoms with Gasteiger partial charge in [0.25, 0.3) is 11.8 Å². The van der Waals surface area contributed by atoms with Gasteiger partial charge in [0.2, 0.25) is 5.91 Å². The summed E-state index contributed by atoms with van der Waals surface area (Å²) in [6, 6.07) is 12.0. The van der Waals surface area contributed by atoms with Crippen molar-refractivity contribution in [2.24, 2.45) is 5.92 Å². The molecule has 2 heterocycles. The summed E-state index contributed by atoms with van der Waals surface area (Å²) in [6.07, 6.45) is 0.761. The lowest BCUT2D eigenvalue weighted by Gasteiger charge is -2.44. The Bertz CT molecular complexity index is 1080. The number of ether oxygens (including phenoxy) is 1. The number of nitrogens with one attached hydrogen (secondary N) is 1. The Hall–Kier alpha value is -3.26. The van der Waals surface area contributed by atoms with Gasteiger partial charge < -0.3 is 15.0 Å². The summed E-state index contributed by atoms with van der Waals surface area (Å²) in [6.45, 7) is 7.29. The molecule has 8 heteroatoms. The van der Waals surface area contributed by atoms with Crippen molar-refractivity contribution in [1.82, 2.24) is 15.1 Å². The average molecular weight is 482 g/mol. The summed E-state index contributed by atoms with van der Waals surface area (Å²) in [5.74, 6) is -0.811. The Morgan fingerprint density at radius 1 is 1.00 bits per heavy atom. The maximum Gasteiger partial charge on any atom is 0.256 e. The molecular weight excluding hydrogens is 449 g/mol. The van der Waals surface area contributed by atoms with Crippen LogP contribution in [0.25, 0.3) is 0 Å². The van der Waals surface area contributed by atoms with Gasteiger partial charge in [0.1, 0.15) is 17.6 Å². The Kier molecular flexibility index (Phi) is 7.21. The first-order valence-corrected chi connectivity index (χ1v) is 12.1. The van der Waals surface area contributed by atoms with Crippen molar-refractivity contribution in [2.75, 3.05) is 26.2 Å². The minimum Gasteiger partial charge on any atom is -0.354 e. The van der Waals surface area contributed by atoms with E-state index in [0.29, 0.717) is 43.6 Å². The first-order chi connectivity index (χ1) is 16.7.